The Labute approximate surface area is 139 Å². The smallest absolute Gasteiger partial charge is 0.200 e. The van der Waals surface area contributed by atoms with E-state index in [0.717, 1.165) is 6.21 Å². The zero-order valence-electron chi connectivity index (χ0n) is 13.2. The van der Waals surface area contributed by atoms with Gasteiger partial charge in [0.05, 0.1) is 19.9 Å². The zero-order chi connectivity index (χ0) is 18.6. The van der Waals surface area contributed by atoms with Crippen LogP contribution in [0.5, 0.6) is 11.5 Å². The lowest BCUT2D eigenvalue weighted by molar-refractivity contribution is 0.311. The fourth-order valence-corrected chi connectivity index (χ4v) is 1.92. The molecule has 134 valence electrons. The predicted octanol–water partition coefficient (Wildman–Crippen LogP) is 4.24. The van der Waals surface area contributed by atoms with E-state index in [1.165, 1.54) is 13.2 Å². The average molecular weight is 360 g/mol. The van der Waals surface area contributed by atoms with Gasteiger partial charge < -0.3 is 9.47 Å². The van der Waals surface area contributed by atoms with Crippen molar-refractivity contribution in [2.45, 2.75) is 6.92 Å². The molecule has 0 heterocycles. The lowest BCUT2D eigenvalue weighted by Gasteiger charge is -2.09. The van der Waals surface area contributed by atoms with Crippen LogP contribution in [0, 0.1) is 29.1 Å². The normalized spacial score (nSPS) is 11.0. The largest absolute Gasteiger partial charge is 0.493 e. The Kier molecular flexibility index (Phi) is 5.79. The summed E-state index contributed by atoms with van der Waals surface area (Å²) in [7, 11) is 1.45. The van der Waals surface area contributed by atoms with E-state index in [1.54, 1.807) is 19.1 Å². The third-order valence-electron chi connectivity index (χ3n) is 3.09. The zero-order valence-corrected chi connectivity index (χ0v) is 13.2. The van der Waals surface area contributed by atoms with Gasteiger partial charge in [0.1, 0.15) is 5.69 Å². The number of rotatable bonds is 6. The maximum absolute atomic E-state index is 13.5. The van der Waals surface area contributed by atoms with E-state index in [0.29, 0.717) is 23.7 Å². The van der Waals surface area contributed by atoms with Crippen molar-refractivity contribution in [3.63, 3.8) is 0 Å². The summed E-state index contributed by atoms with van der Waals surface area (Å²) >= 11 is 0. The molecule has 1 N–H and O–H groups in total. The summed E-state index contributed by atoms with van der Waals surface area (Å²) in [5.74, 6) is -9.48. The molecule has 0 radical (unpaired) electrons. The van der Waals surface area contributed by atoms with Crippen LogP contribution in [0.15, 0.2) is 23.3 Å². The molecule has 2 aromatic rings. The van der Waals surface area contributed by atoms with Crippen molar-refractivity contribution in [3.05, 3.63) is 52.8 Å². The topological polar surface area (TPSA) is 42.8 Å². The maximum atomic E-state index is 13.5. The second-order valence-corrected chi connectivity index (χ2v) is 4.66. The summed E-state index contributed by atoms with van der Waals surface area (Å²) in [5, 5.41) is 3.49. The molecule has 0 saturated carbocycles. The Morgan fingerprint density at radius 3 is 2.12 bits per heavy atom. The summed E-state index contributed by atoms with van der Waals surface area (Å²) in [6.45, 7) is 2.14. The number of hydrogen-bond donors (Lipinski definition) is 1. The Morgan fingerprint density at radius 1 is 0.960 bits per heavy atom. The molecule has 0 unspecified atom stereocenters. The molecule has 25 heavy (non-hydrogen) atoms. The molecule has 0 bridgehead atoms. The van der Waals surface area contributed by atoms with E-state index >= 15 is 0 Å². The number of methoxy groups -OCH3 is 1. The van der Waals surface area contributed by atoms with Gasteiger partial charge in [-0.2, -0.15) is 5.10 Å². The van der Waals surface area contributed by atoms with Crippen LogP contribution in [-0.4, -0.2) is 19.9 Å². The fraction of sp³-hybridized carbons (Fsp3) is 0.188. The standard InChI is InChI=1S/C16H13F5N2O2/c1-3-25-10-6-8(4-5-9(10)24-2)7-22-23-16-14(20)12(18)11(17)13(19)15(16)21/h4-7,23H,3H2,1-2H3/b22-7-. The van der Waals surface area contributed by atoms with Crippen LogP contribution in [0.3, 0.4) is 0 Å². The van der Waals surface area contributed by atoms with Crippen molar-refractivity contribution < 1.29 is 31.4 Å². The predicted molar refractivity (Wildman–Crippen MR) is 81.6 cm³/mol. The highest BCUT2D eigenvalue weighted by molar-refractivity contribution is 5.81. The van der Waals surface area contributed by atoms with Gasteiger partial charge in [-0.1, -0.05) is 0 Å². The third-order valence-corrected chi connectivity index (χ3v) is 3.09. The Bertz CT molecular complexity index is 783. The Hall–Kier alpha value is -2.84. The van der Waals surface area contributed by atoms with Crippen LogP contribution >= 0.6 is 0 Å². The number of ether oxygens (including phenoxy) is 2. The highest BCUT2D eigenvalue weighted by atomic mass is 19.2. The molecule has 0 aliphatic rings. The van der Waals surface area contributed by atoms with Gasteiger partial charge in [-0.15, -0.1) is 0 Å². The summed E-state index contributed by atoms with van der Waals surface area (Å²) < 4.78 is 76.6. The maximum Gasteiger partial charge on any atom is 0.200 e. The molecule has 0 fully saturated rings. The van der Waals surface area contributed by atoms with Crippen molar-refractivity contribution in [1.82, 2.24) is 0 Å². The van der Waals surface area contributed by atoms with E-state index in [4.69, 9.17) is 9.47 Å². The lowest BCUT2D eigenvalue weighted by Crippen LogP contribution is -2.06. The van der Waals surface area contributed by atoms with Crippen molar-refractivity contribution in [2.24, 2.45) is 5.10 Å². The van der Waals surface area contributed by atoms with Gasteiger partial charge in [-0.05, 0) is 30.7 Å². The number of hydrogen-bond acceptors (Lipinski definition) is 4. The molecule has 0 atom stereocenters. The molecule has 0 aliphatic carbocycles. The molecule has 4 nitrogen and oxygen atoms in total. The Morgan fingerprint density at radius 2 is 1.56 bits per heavy atom. The van der Waals surface area contributed by atoms with Crippen molar-refractivity contribution in [1.29, 1.82) is 0 Å². The number of nitrogens with zero attached hydrogens (tertiary/aromatic N) is 1. The minimum absolute atomic E-state index is 0.375. The Balaban J connectivity index is 2.26. The summed E-state index contributed by atoms with van der Waals surface area (Å²) in [5.41, 5.74) is 1.02. The van der Waals surface area contributed by atoms with Crippen LogP contribution in [0.1, 0.15) is 12.5 Å². The van der Waals surface area contributed by atoms with Crippen molar-refractivity contribution >= 4 is 11.9 Å². The van der Waals surface area contributed by atoms with Gasteiger partial charge in [0.25, 0.3) is 0 Å². The quantitative estimate of drug-likeness (QED) is 0.276. The molecule has 0 saturated heterocycles. The third kappa shape index (κ3) is 3.81. The second-order valence-electron chi connectivity index (χ2n) is 4.66. The molecular formula is C16H13F5N2O2. The molecule has 0 spiro atoms. The van der Waals surface area contributed by atoms with Gasteiger partial charge in [-0.3, -0.25) is 5.43 Å². The lowest BCUT2D eigenvalue weighted by atomic mass is 10.2. The van der Waals surface area contributed by atoms with Crippen LogP contribution < -0.4 is 14.9 Å². The van der Waals surface area contributed by atoms with Gasteiger partial charge in [0, 0.05) is 0 Å². The molecule has 0 amide bonds. The highest BCUT2D eigenvalue weighted by Crippen LogP contribution is 2.28. The SMILES string of the molecule is CCOc1cc(/C=N\Nc2c(F)c(F)c(F)c(F)c2F)ccc1OC. The summed E-state index contributed by atoms with van der Waals surface area (Å²) in [6, 6.07) is 4.67. The van der Waals surface area contributed by atoms with Crippen LogP contribution in [0.2, 0.25) is 0 Å². The first-order valence-electron chi connectivity index (χ1n) is 7.02. The first-order valence-corrected chi connectivity index (χ1v) is 7.02. The van der Waals surface area contributed by atoms with Crippen LogP contribution in [-0.2, 0) is 0 Å². The van der Waals surface area contributed by atoms with E-state index < -0.39 is 34.8 Å². The monoisotopic (exact) mass is 360 g/mol. The minimum Gasteiger partial charge on any atom is -0.493 e. The fourth-order valence-electron chi connectivity index (χ4n) is 1.92. The number of nitrogens with one attached hydrogen (secondary N) is 1. The van der Waals surface area contributed by atoms with E-state index in [-0.39, 0.29) is 0 Å². The van der Waals surface area contributed by atoms with Crippen molar-refractivity contribution in [2.75, 3.05) is 19.1 Å². The first-order chi connectivity index (χ1) is 11.9. The molecule has 0 aliphatic heterocycles. The summed E-state index contributed by atoms with van der Waals surface area (Å²) in [4.78, 5) is 0. The molecular weight excluding hydrogens is 347 g/mol. The first kappa shape index (κ1) is 18.5. The van der Waals surface area contributed by atoms with Gasteiger partial charge >= 0.3 is 0 Å². The molecule has 2 rings (SSSR count). The molecule has 2 aromatic carbocycles. The molecule has 9 heteroatoms. The number of halogens is 5. The average Bonchev–Trinajstić information content (AvgIpc) is 2.62. The van der Waals surface area contributed by atoms with E-state index in [1.807, 2.05) is 5.43 Å². The van der Waals surface area contributed by atoms with Crippen molar-refractivity contribution in [3.8, 4) is 11.5 Å². The van der Waals surface area contributed by atoms with E-state index in [2.05, 4.69) is 5.10 Å². The highest BCUT2D eigenvalue weighted by Gasteiger charge is 2.25. The number of hydrazone groups is 1. The summed E-state index contributed by atoms with van der Waals surface area (Å²) in [6.07, 6.45) is 1.13. The van der Waals surface area contributed by atoms with Gasteiger partial charge in [-0.25, -0.2) is 22.0 Å². The number of benzene rings is 2. The van der Waals surface area contributed by atoms with Crippen LogP contribution in [0.25, 0.3) is 0 Å². The number of anilines is 1. The minimum atomic E-state index is -2.24. The van der Waals surface area contributed by atoms with Gasteiger partial charge in [0.2, 0.25) is 5.82 Å². The van der Waals surface area contributed by atoms with Gasteiger partial charge in [0.15, 0.2) is 34.8 Å². The van der Waals surface area contributed by atoms with E-state index in [9.17, 15) is 22.0 Å². The van der Waals surface area contributed by atoms with Crippen LogP contribution in [0.4, 0.5) is 27.6 Å². The second kappa shape index (κ2) is 7.82. The molecule has 0 aromatic heterocycles.